The summed E-state index contributed by atoms with van der Waals surface area (Å²) < 4.78 is 1.48. The largest absolute Gasteiger partial charge is 0.493 e. The molecule has 2 aromatic heterocycles. The van der Waals surface area contributed by atoms with Gasteiger partial charge in [-0.2, -0.15) is 9.78 Å². The van der Waals surface area contributed by atoms with Crippen molar-refractivity contribution in [2.75, 3.05) is 5.73 Å². The summed E-state index contributed by atoms with van der Waals surface area (Å²) in [5.41, 5.74) is 10.2. The van der Waals surface area contributed by atoms with Gasteiger partial charge in [0.05, 0.1) is 23.1 Å². The molecule has 5 nitrogen and oxygen atoms in total. The highest BCUT2D eigenvalue weighted by atomic mass is 16.3. The molecule has 0 aliphatic heterocycles. The zero-order chi connectivity index (χ0) is 14.4. The van der Waals surface area contributed by atoms with E-state index in [-0.39, 0.29) is 5.88 Å². The van der Waals surface area contributed by atoms with E-state index in [1.165, 1.54) is 10.2 Å². The van der Waals surface area contributed by atoms with Crippen LogP contribution in [0.4, 0.5) is 5.69 Å². The summed E-state index contributed by atoms with van der Waals surface area (Å²) in [4.78, 5) is 4.22. The minimum absolute atomic E-state index is 0.134. The first kappa shape index (κ1) is 12.0. The van der Waals surface area contributed by atoms with E-state index in [2.05, 4.69) is 16.1 Å². The smallest absolute Gasteiger partial charge is 0.224 e. The number of nitrogens with zero attached hydrogens (tertiary/aromatic N) is 3. The molecule has 2 heterocycles. The van der Waals surface area contributed by atoms with Gasteiger partial charge in [-0.1, -0.05) is 24.3 Å². The first-order chi connectivity index (χ1) is 10.2. The molecule has 0 spiro atoms. The van der Waals surface area contributed by atoms with Crippen molar-refractivity contribution >= 4 is 5.69 Å². The maximum atomic E-state index is 10.6. The fraction of sp³-hybridized carbons (Fsp3) is 0.125. The predicted octanol–water partition coefficient (Wildman–Crippen LogP) is 2.32. The van der Waals surface area contributed by atoms with E-state index in [1.54, 1.807) is 18.3 Å². The van der Waals surface area contributed by atoms with Crippen molar-refractivity contribution in [1.82, 2.24) is 14.8 Å². The van der Waals surface area contributed by atoms with Crippen molar-refractivity contribution in [2.24, 2.45) is 0 Å². The van der Waals surface area contributed by atoms with Crippen LogP contribution in [0.3, 0.4) is 0 Å². The number of hydrogen-bond donors (Lipinski definition) is 2. The van der Waals surface area contributed by atoms with E-state index < -0.39 is 0 Å². The van der Waals surface area contributed by atoms with Crippen molar-refractivity contribution in [3.8, 4) is 22.8 Å². The molecule has 1 aromatic carbocycles. The van der Waals surface area contributed by atoms with Gasteiger partial charge in [0.1, 0.15) is 0 Å². The number of aromatic nitrogens is 3. The Bertz CT molecular complexity index is 821. The quantitative estimate of drug-likeness (QED) is 0.716. The fourth-order valence-electron chi connectivity index (χ4n) is 2.82. The molecule has 0 unspecified atom stereocenters. The topological polar surface area (TPSA) is 77.0 Å². The molecule has 21 heavy (non-hydrogen) atoms. The van der Waals surface area contributed by atoms with Crippen LogP contribution < -0.4 is 5.73 Å². The molecule has 0 saturated heterocycles. The third-order valence-electron chi connectivity index (χ3n) is 3.84. The zero-order valence-corrected chi connectivity index (χ0v) is 11.3. The summed E-state index contributed by atoms with van der Waals surface area (Å²) in [6.07, 6.45) is 3.32. The highest BCUT2D eigenvalue weighted by Gasteiger charge is 2.25. The number of rotatable bonds is 1. The Morgan fingerprint density at radius 2 is 1.95 bits per heavy atom. The Balaban J connectivity index is 1.91. The molecule has 0 amide bonds. The number of nitrogens with two attached hydrogens (primary N) is 1. The minimum Gasteiger partial charge on any atom is -0.493 e. The van der Waals surface area contributed by atoms with Gasteiger partial charge in [0.25, 0.3) is 0 Å². The van der Waals surface area contributed by atoms with Crippen molar-refractivity contribution < 1.29 is 5.11 Å². The normalized spacial score (nSPS) is 12.8. The van der Waals surface area contributed by atoms with Crippen molar-refractivity contribution in [2.45, 2.75) is 12.8 Å². The molecule has 0 radical (unpaired) electrons. The van der Waals surface area contributed by atoms with Crippen LogP contribution in [0.15, 0.2) is 42.6 Å². The van der Waals surface area contributed by atoms with Crippen LogP contribution >= 0.6 is 0 Å². The highest BCUT2D eigenvalue weighted by molar-refractivity contribution is 5.76. The van der Waals surface area contributed by atoms with Gasteiger partial charge in [0, 0.05) is 0 Å². The lowest BCUT2D eigenvalue weighted by Crippen LogP contribution is -2.03. The number of nitrogen functional groups attached to an aromatic ring is 1. The summed E-state index contributed by atoms with van der Waals surface area (Å²) >= 11 is 0. The summed E-state index contributed by atoms with van der Waals surface area (Å²) in [5.74, 6) is 0.697. The molecule has 0 atom stereocenters. The molecule has 0 saturated carbocycles. The number of anilines is 1. The Morgan fingerprint density at radius 3 is 2.76 bits per heavy atom. The lowest BCUT2D eigenvalue weighted by atomic mass is 9.90. The standard InChI is InChI=1S/C16H14N4O/c17-11-6-8-14(18-9-11)20-16(21)15-12-4-2-1-3-10(12)5-7-13(15)19-20/h1-4,6,8-9,21H,5,7,17H2. The average Bonchev–Trinajstić information content (AvgIpc) is 2.86. The number of aromatic hydroxyl groups is 1. The minimum atomic E-state index is 0.134. The second-order valence-corrected chi connectivity index (χ2v) is 5.16. The third-order valence-corrected chi connectivity index (χ3v) is 3.84. The van der Waals surface area contributed by atoms with Crippen LogP contribution in [0.1, 0.15) is 11.3 Å². The number of aryl methyl sites for hydroxylation is 2. The first-order valence-corrected chi connectivity index (χ1v) is 6.85. The molecule has 4 rings (SSSR count). The molecule has 1 aliphatic rings. The maximum absolute atomic E-state index is 10.6. The van der Waals surface area contributed by atoms with Gasteiger partial charge in [-0.3, -0.25) is 0 Å². The van der Waals surface area contributed by atoms with Gasteiger partial charge in [-0.25, -0.2) is 4.98 Å². The molecule has 5 heteroatoms. The summed E-state index contributed by atoms with van der Waals surface area (Å²) in [5, 5.41) is 15.1. The van der Waals surface area contributed by atoms with E-state index in [0.29, 0.717) is 11.5 Å². The first-order valence-electron chi connectivity index (χ1n) is 6.85. The van der Waals surface area contributed by atoms with E-state index in [0.717, 1.165) is 29.7 Å². The summed E-state index contributed by atoms with van der Waals surface area (Å²) in [7, 11) is 0. The molecule has 1 aliphatic carbocycles. The van der Waals surface area contributed by atoms with Crippen LogP contribution in [0.5, 0.6) is 5.88 Å². The lowest BCUT2D eigenvalue weighted by Gasteiger charge is -2.14. The number of pyridine rings is 1. The lowest BCUT2D eigenvalue weighted by molar-refractivity contribution is 0.433. The zero-order valence-electron chi connectivity index (χ0n) is 11.3. The number of hydrogen-bond acceptors (Lipinski definition) is 4. The molecule has 0 bridgehead atoms. The van der Waals surface area contributed by atoms with E-state index in [1.807, 2.05) is 18.2 Å². The monoisotopic (exact) mass is 278 g/mol. The Labute approximate surface area is 121 Å². The van der Waals surface area contributed by atoms with Gasteiger partial charge >= 0.3 is 0 Å². The highest BCUT2D eigenvalue weighted by Crippen LogP contribution is 2.40. The molecule has 3 N–H and O–H groups in total. The van der Waals surface area contributed by atoms with Crippen LogP contribution in [0.2, 0.25) is 0 Å². The van der Waals surface area contributed by atoms with Crippen molar-refractivity contribution in [3.63, 3.8) is 0 Å². The van der Waals surface area contributed by atoms with Crippen LogP contribution in [-0.2, 0) is 12.8 Å². The molecule has 3 aromatic rings. The average molecular weight is 278 g/mol. The maximum Gasteiger partial charge on any atom is 0.224 e. The van der Waals surface area contributed by atoms with Crippen LogP contribution in [0.25, 0.3) is 16.9 Å². The second kappa shape index (κ2) is 4.34. The summed E-state index contributed by atoms with van der Waals surface area (Å²) in [6.45, 7) is 0. The Kier molecular flexibility index (Phi) is 2.47. The second-order valence-electron chi connectivity index (χ2n) is 5.16. The molecular formula is C16H14N4O. The van der Waals surface area contributed by atoms with Gasteiger partial charge in [-0.15, -0.1) is 0 Å². The third kappa shape index (κ3) is 1.78. The van der Waals surface area contributed by atoms with E-state index in [4.69, 9.17) is 5.73 Å². The Hall–Kier alpha value is -2.82. The van der Waals surface area contributed by atoms with Crippen molar-refractivity contribution in [1.29, 1.82) is 0 Å². The van der Waals surface area contributed by atoms with Gasteiger partial charge in [0.15, 0.2) is 5.82 Å². The number of fused-ring (bicyclic) bond motifs is 3. The SMILES string of the molecule is Nc1ccc(-n2nc3c(c2O)-c2ccccc2CC3)nc1. The van der Waals surface area contributed by atoms with Gasteiger partial charge < -0.3 is 10.8 Å². The summed E-state index contributed by atoms with van der Waals surface area (Å²) in [6, 6.07) is 11.6. The van der Waals surface area contributed by atoms with Crippen molar-refractivity contribution in [3.05, 3.63) is 53.9 Å². The van der Waals surface area contributed by atoms with Crippen LogP contribution in [-0.4, -0.2) is 19.9 Å². The fourth-order valence-corrected chi connectivity index (χ4v) is 2.82. The van der Waals surface area contributed by atoms with E-state index >= 15 is 0 Å². The molecule has 104 valence electrons. The van der Waals surface area contributed by atoms with Gasteiger partial charge in [0.2, 0.25) is 5.88 Å². The predicted molar refractivity (Wildman–Crippen MR) is 80.3 cm³/mol. The van der Waals surface area contributed by atoms with Gasteiger partial charge in [-0.05, 0) is 36.1 Å². The van der Waals surface area contributed by atoms with E-state index in [9.17, 15) is 5.11 Å². The molecular weight excluding hydrogens is 264 g/mol. The Morgan fingerprint density at radius 1 is 1.10 bits per heavy atom. The number of benzene rings is 1. The van der Waals surface area contributed by atoms with Crippen LogP contribution in [0, 0.1) is 0 Å². The molecule has 0 fully saturated rings.